The van der Waals surface area contributed by atoms with Crippen LogP contribution in [-0.4, -0.2) is 68.7 Å². The number of nitrogens with zero attached hydrogens (tertiary/aromatic N) is 2. The first kappa shape index (κ1) is 26.1. The molecule has 0 amide bonds. The van der Waals surface area contributed by atoms with Crippen LogP contribution in [0.2, 0.25) is 0 Å². The van der Waals surface area contributed by atoms with E-state index in [1.807, 2.05) is 0 Å². The third-order valence-electron chi connectivity index (χ3n) is 4.42. The maximum absolute atomic E-state index is 12.0. The van der Waals surface area contributed by atoms with E-state index in [0.717, 1.165) is 6.92 Å². The second-order valence-electron chi connectivity index (χ2n) is 7.00. The highest BCUT2D eigenvalue weighted by Gasteiger charge is 2.54. The second kappa shape index (κ2) is 8.62. The van der Waals surface area contributed by atoms with E-state index in [9.17, 15) is 33.6 Å². The summed E-state index contributed by atoms with van der Waals surface area (Å²) in [6, 6.07) is 1.34. The Hall–Kier alpha value is -1.49. The molecule has 0 aromatic carbocycles. The number of aromatic amines is 1. The monoisotopic (exact) mass is 536 g/mol. The number of fused-ring (bicyclic) bond motifs is 1. The fourth-order valence-electron chi connectivity index (χ4n) is 3.10. The zero-order chi connectivity index (χ0) is 25.0. The Balaban J connectivity index is 1.78. The van der Waals surface area contributed by atoms with Crippen molar-refractivity contribution in [2.24, 2.45) is 0 Å². The first-order chi connectivity index (χ1) is 14.9. The number of nitrogen functional groups attached to an aromatic ring is 1. The molecule has 0 saturated carbocycles. The summed E-state index contributed by atoms with van der Waals surface area (Å²) in [4.78, 5) is 54.0. The van der Waals surface area contributed by atoms with Crippen molar-refractivity contribution in [1.29, 1.82) is 0 Å². The van der Waals surface area contributed by atoms with Gasteiger partial charge in [0, 0.05) is 6.20 Å². The number of aliphatic hydroxyl groups excluding tert-OH is 1. The minimum absolute atomic E-state index is 0.0118. The Kier molecular flexibility index (Phi) is 6.83. The molecule has 2 unspecified atom stereocenters. The smallest absolute Gasteiger partial charge is 0.387 e. The maximum Gasteiger partial charge on any atom is 0.490 e. The van der Waals surface area contributed by atoms with Crippen LogP contribution in [0.1, 0.15) is 13.2 Å². The van der Waals surface area contributed by atoms with Crippen LogP contribution in [0.3, 0.4) is 0 Å². The van der Waals surface area contributed by atoms with E-state index >= 15 is 0 Å². The van der Waals surface area contributed by atoms with Gasteiger partial charge in [-0.05, 0) is 13.0 Å². The van der Waals surface area contributed by atoms with Crippen LogP contribution in [0.4, 0.5) is 5.95 Å². The first-order valence-electron chi connectivity index (χ1n) is 8.62. The predicted octanol–water partition coefficient (Wildman–Crippen LogP) is -1.34. The number of anilines is 1. The number of nitrogens with one attached hydrogen (secondary N) is 1. The highest BCUT2D eigenvalue weighted by Crippen LogP contribution is 2.66. The molecule has 3 rings (SSSR count). The van der Waals surface area contributed by atoms with Gasteiger partial charge in [0.25, 0.3) is 5.56 Å². The van der Waals surface area contributed by atoms with Gasteiger partial charge in [0.05, 0.1) is 12.0 Å². The molecule has 186 valence electrons. The average Bonchev–Trinajstić information content (AvgIpc) is 3.10. The summed E-state index contributed by atoms with van der Waals surface area (Å²) in [5, 5.41) is 21.3. The second-order valence-corrected chi connectivity index (χ2v) is 11.4. The summed E-state index contributed by atoms with van der Waals surface area (Å²) >= 11 is 0. The molecule has 9 N–H and O–H groups in total. The molecule has 0 spiro atoms. The molecule has 2 aromatic rings. The van der Waals surface area contributed by atoms with E-state index in [0.29, 0.717) is 0 Å². The van der Waals surface area contributed by atoms with E-state index in [1.165, 1.54) is 16.8 Å². The number of ether oxygens (including phenoxy) is 1. The summed E-state index contributed by atoms with van der Waals surface area (Å²) < 4.78 is 52.2. The molecule has 33 heavy (non-hydrogen) atoms. The Morgan fingerprint density at radius 2 is 1.88 bits per heavy atom. The van der Waals surface area contributed by atoms with Crippen LogP contribution in [-0.2, 0) is 31.6 Å². The largest absolute Gasteiger partial charge is 0.490 e. The number of phosphoric ester groups is 1. The lowest BCUT2D eigenvalue weighted by Crippen LogP contribution is -2.44. The quantitative estimate of drug-likeness (QED) is 0.181. The van der Waals surface area contributed by atoms with Crippen molar-refractivity contribution in [3.8, 4) is 0 Å². The lowest BCUT2D eigenvalue weighted by Gasteiger charge is -2.27. The van der Waals surface area contributed by atoms with Crippen LogP contribution < -0.4 is 11.3 Å². The molecule has 3 heterocycles. The number of phosphoric acid groups is 3. The van der Waals surface area contributed by atoms with Crippen molar-refractivity contribution in [2.45, 2.75) is 31.0 Å². The summed E-state index contributed by atoms with van der Waals surface area (Å²) in [5.41, 5.74) is 2.86. The Morgan fingerprint density at radius 3 is 2.48 bits per heavy atom. The number of aromatic nitrogens is 3. The zero-order valence-corrected chi connectivity index (χ0v) is 19.0. The number of hydrogen-bond donors (Lipinski definition) is 8. The predicted molar refractivity (Wildman–Crippen MR) is 105 cm³/mol. The van der Waals surface area contributed by atoms with Crippen molar-refractivity contribution >= 4 is 40.4 Å². The lowest BCUT2D eigenvalue weighted by molar-refractivity contribution is -0.0947. The van der Waals surface area contributed by atoms with Crippen LogP contribution in [0.15, 0.2) is 17.1 Å². The van der Waals surface area contributed by atoms with Gasteiger partial charge in [0.15, 0.2) is 11.9 Å². The molecule has 2 aromatic heterocycles. The molecule has 0 radical (unpaired) electrons. The van der Waals surface area contributed by atoms with Crippen LogP contribution in [0.25, 0.3) is 11.0 Å². The summed E-state index contributed by atoms with van der Waals surface area (Å²) in [6.07, 6.45) is -3.41. The Morgan fingerprint density at radius 1 is 1.24 bits per heavy atom. The maximum atomic E-state index is 12.0. The van der Waals surface area contributed by atoms with Crippen molar-refractivity contribution in [3.05, 3.63) is 22.6 Å². The average molecular weight is 536 g/mol. The summed E-state index contributed by atoms with van der Waals surface area (Å²) in [5.74, 6) is -0.241. The van der Waals surface area contributed by atoms with Crippen LogP contribution >= 0.6 is 23.5 Å². The highest BCUT2D eigenvalue weighted by molar-refractivity contribution is 7.66. The van der Waals surface area contributed by atoms with Crippen LogP contribution in [0, 0.1) is 0 Å². The normalized spacial score (nSPS) is 29.7. The Bertz CT molecular complexity index is 1250. The third kappa shape index (κ3) is 5.78. The fourth-order valence-corrected chi connectivity index (χ4v) is 6.13. The van der Waals surface area contributed by atoms with E-state index < -0.39 is 59.7 Å². The molecule has 1 aliphatic heterocycles. The van der Waals surface area contributed by atoms with E-state index in [1.54, 1.807) is 0 Å². The standard InChI is InChI=1S/C12H19N4O14P3/c1-12(19)7(17)6(4-27-32(23,24)30-33(25,26)29-31(20,21)22)28-10(12)16-3-2-5-8(16)14-11(13)15-9(5)18/h2-3,6-7,10,17,19H,4H2,1H3,(H,23,24)(H,25,26)(H2,20,21,22)(H3,13,14,15,18)/t6-,7-,10-,12-/m1/s1. The highest BCUT2D eigenvalue weighted by atomic mass is 31.3. The van der Waals surface area contributed by atoms with E-state index in [2.05, 4.69) is 23.1 Å². The zero-order valence-electron chi connectivity index (χ0n) is 16.4. The van der Waals surface area contributed by atoms with Crippen LogP contribution in [0.5, 0.6) is 0 Å². The molecule has 0 aliphatic carbocycles. The van der Waals surface area contributed by atoms with Crippen molar-refractivity contribution in [2.75, 3.05) is 12.3 Å². The fraction of sp³-hybridized carbons (Fsp3) is 0.500. The molecule has 1 saturated heterocycles. The first-order valence-corrected chi connectivity index (χ1v) is 13.1. The van der Waals surface area contributed by atoms with Crippen molar-refractivity contribution in [1.82, 2.24) is 14.5 Å². The third-order valence-corrected chi connectivity index (χ3v) is 8.23. The molecular formula is C12H19N4O14P3. The van der Waals surface area contributed by atoms with Gasteiger partial charge in [-0.2, -0.15) is 13.6 Å². The van der Waals surface area contributed by atoms with Gasteiger partial charge >= 0.3 is 23.5 Å². The van der Waals surface area contributed by atoms with Gasteiger partial charge in [-0.25, -0.2) is 13.7 Å². The number of aliphatic hydroxyl groups is 2. The number of rotatable bonds is 8. The van der Waals surface area contributed by atoms with Gasteiger partial charge in [0.1, 0.15) is 17.8 Å². The van der Waals surface area contributed by atoms with Crippen molar-refractivity contribution < 1.29 is 61.4 Å². The van der Waals surface area contributed by atoms with Gasteiger partial charge in [0.2, 0.25) is 5.95 Å². The topological polar surface area (TPSA) is 286 Å². The molecular weight excluding hydrogens is 517 g/mol. The summed E-state index contributed by atoms with van der Waals surface area (Å²) in [7, 11) is -16.8. The summed E-state index contributed by atoms with van der Waals surface area (Å²) in [6.45, 7) is 0.141. The molecule has 1 fully saturated rings. The molecule has 1 aliphatic rings. The van der Waals surface area contributed by atoms with Crippen molar-refractivity contribution in [3.63, 3.8) is 0 Å². The molecule has 21 heteroatoms. The SMILES string of the molecule is C[C@@]1(O)[C@H](O)[C@@H](COP(=O)(O)OP(=O)(O)OP(=O)(O)O)O[C@H]1n1ccc2c(=O)[nH]c(N)nc21. The van der Waals surface area contributed by atoms with Gasteiger partial charge in [-0.3, -0.25) is 14.3 Å². The number of H-pyrrole nitrogens is 1. The Labute approximate surface area is 183 Å². The van der Waals surface area contributed by atoms with Gasteiger partial charge in [-0.1, -0.05) is 0 Å². The minimum atomic E-state index is -5.74. The number of nitrogens with two attached hydrogens (primary N) is 1. The van der Waals surface area contributed by atoms with E-state index in [4.69, 9.17) is 25.2 Å². The lowest BCUT2D eigenvalue weighted by atomic mass is 9.96. The minimum Gasteiger partial charge on any atom is -0.387 e. The van der Waals surface area contributed by atoms with E-state index in [-0.39, 0.29) is 17.0 Å². The molecule has 0 bridgehead atoms. The molecule has 6 atom stereocenters. The van der Waals surface area contributed by atoms with Gasteiger partial charge < -0.3 is 44.8 Å². The van der Waals surface area contributed by atoms with Gasteiger partial charge in [-0.15, -0.1) is 0 Å². The molecule has 18 nitrogen and oxygen atoms in total. The number of hydrogen-bond acceptors (Lipinski definition) is 12.